The van der Waals surface area contributed by atoms with E-state index in [4.69, 9.17) is 28.9 Å². The quantitative estimate of drug-likeness (QED) is 0.586. The van der Waals surface area contributed by atoms with Gasteiger partial charge in [0.1, 0.15) is 5.75 Å². The average Bonchev–Trinajstić information content (AvgIpc) is 2.36. The van der Waals surface area contributed by atoms with Gasteiger partial charge < -0.3 is 16.2 Å². The number of benzene rings is 2. The van der Waals surface area contributed by atoms with Crippen molar-refractivity contribution in [1.82, 2.24) is 0 Å². The molecule has 0 saturated carbocycles. The normalized spacial score (nSPS) is 10.2. The number of hydrogen-bond acceptors (Lipinski definition) is 3. The lowest BCUT2D eigenvalue weighted by molar-refractivity contribution is 0.102. The molecule has 0 spiro atoms. The highest BCUT2D eigenvalue weighted by Gasteiger charge is 2.12. The number of phenols is 1. The summed E-state index contributed by atoms with van der Waals surface area (Å²) in [7, 11) is 0. The Morgan fingerprint density at radius 3 is 2.53 bits per heavy atom. The summed E-state index contributed by atoms with van der Waals surface area (Å²) in [5, 5.41) is 12.9. The van der Waals surface area contributed by atoms with Gasteiger partial charge in [-0.2, -0.15) is 0 Å². The predicted octanol–water partition coefficient (Wildman–Crippen LogP) is 3.53. The number of anilines is 2. The lowest BCUT2D eigenvalue weighted by atomic mass is 10.1. The largest absolute Gasteiger partial charge is 0.507 e. The van der Waals surface area contributed by atoms with E-state index in [0.29, 0.717) is 21.4 Å². The zero-order chi connectivity index (χ0) is 14.0. The van der Waals surface area contributed by atoms with E-state index in [9.17, 15) is 9.90 Å². The van der Waals surface area contributed by atoms with Crippen molar-refractivity contribution >= 4 is 40.5 Å². The zero-order valence-corrected chi connectivity index (χ0v) is 11.2. The third-order valence-electron chi connectivity index (χ3n) is 2.44. The van der Waals surface area contributed by atoms with Gasteiger partial charge in [0.2, 0.25) is 0 Å². The zero-order valence-electron chi connectivity index (χ0n) is 9.65. The summed E-state index contributed by atoms with van der Waals surface area (Å²) in [6.07, 6.45) is 0. The van der Waals surface area contributed by atoms with Crippen LogP contribution < -0.4 is 11.1 Å². The Balaban J connectivity index is 2.25. The minimum atomic E-state index is -0.483. The molecule has 0 fully saturated rings. The van der Waals surface area contributed by atoms with Crippen molar-refractivity contribution in [2.24, 2.45) is 0 Å². The molecule has 19 heavy (non-hydrogen) atoms. The number of aromatic hydroxyl groups is 1. The third kappa shape index (κ3) is 3.10. The molecule has 0 bridgehead atoms. The lowest BCUT2D eigenvalue weighted by Crippen LogP contribution is -2.12. The molecule has 0 aliphatic rings. The first-order chi connectivity index (χ1) is 8.97. The van der Waals surface area contributed by atoms with Gasteiger partial charge in [0.05, 0.1) is 15.6 Å². The van der Waals surface area contributed by atoms with Gasteiger partial charge in [-0.15, -0.1) is 0 Å². The Hall–Kier alpha value is -1.91. The molecule has 0 aliphatic carbocycles. The van der Waals surface area contributed by atoms with Crippen LogP contribution in [0.3, 0.4) is 0 Å². The van der Waals surface area contributed by atoms with Crippen LogP contribution in [0.2, 0.25) is 10.0 Å². The Morgan fingerprint density at radius 1 is 1.11 bits per heavy atom. The number of halogens is 2. The fourth-order valence-electron chi connectivity index (χ4n) is 1.51. The van der Waals surface area contributed by atoms with Crippen LogP contribution in [0.25, 0.3) is 0 Å². The maximum Gasteiger partial charge on any atom is 0.259 e. The SMILES string of the molecule is Nc1ccc(O)c(C(=O)Nc2ccc(Cl)c(Cl)c2)c1. The number of amides is 1. The molecule has 4 N–H and O–H groups in total. The topological polar surface area (TPSA) is 75.3 Å². The molecule has 2 aromatic carbocycles. The second-order valence-corrected chi connectivity index (χ2v) is 4.67. The van der Waals surface area contributed by atoms with E-state index in [2.05, 4.69) is 5.32 Å². The number of nitrogen functional groups attached to an aromatic ring is 1. The van der Waals surface area contributed by atoms with E-state index in [-0.39, 0.29) is 11.3 Å². The van der Waals surface area contributed by atoms with Crippen LogP contribution in [0.4, 0.5) is 11.4 Å². The van der Waals surface area contributed by atoms with Gasteiger partial charge in [-0.25, -0.2) is 0 Å². The molecular weight excluding hydrogens is 287 g/mol. The first-order valence-electron chi connectivity index (χ1n) is 5.32. The highest BCUT2D eigenvalue weighted by molar-refractivity contribution is 6.42. The molecule has 4 nitrogen and oxygen atoms in total. The van der Waals surface area contributed by atoms with Crippen molar-refractivity contribution in [3.63, 3.8) is 0 Å². The molecule has 1 amide bonds. The van der Waals surface area contributed by atoms with Crippen molar-refractivity contribution in [2.45, 2.75) is 0 Å². The van der Waals surface area contributed by atoms with E-state index in [0.717, 1.165) is 0 Å². The van der Waals surface area contributed by atoms with Gasteiger partial charge in [-0.3, -0.25) is 4.79 Å². The van der Waals surface area contributed by atoms with Crippen LogP contribution in [0.15, 0.2) is 36.4 Å². The summed E-state index contributed by atoms with van der Waals surface area (Å²) in [5.74, 6) is -0.630. The molecule has 2 rings (SSSR count). The maximum absolute atomic E-state index is 12.0. The van der Waals surface area contributed by atoms with Crippen LogP contribution in [-0.4, -0.2) is 11.0 Å². The number of rotatable bonds is 2. The first kappa shape index (κ1) is 13.5. The van der Waals surface area contributed by atoms with Crippen LogP contribution in [0.1, 0.15) is 10.4 Å². The molecule has 0 saturated heterocycles. The van der Waals surface area contributed by atoms with Crippen LogP contribution in [-0.2, 0) is 0 Å². The van der Waals surface area contributed by atoms with Gasteiger partial charge >= 0.3 is 0 Å². The number of carbonyl (C=O) groups excluding carboxylic acids is 1. The number of nitrogens with two attached hydrogens (primary N) is 1. The van der Waals surface area contributed by atoms with Crippen molar-refractivity contribution in [2.75, 3.05) is 11.1 Å². The lowest BCUT2D eigenvalue weighted by Gasteiger charge is -2.08. The van der Waals surface area contributed by atoms with Crippen LogP contribution >= 0.6 is 23.2 Å². The Morgan fingerprint density at radius 2 is 1.84 bits per heavy atom. The molecule has 6 heteroatoms. The van der Waals surface area contributed by atoms with Crippen LogP contribution in [0, 0.1) is 0 Å². The highest BCUT2D eigenvalue weighted by Crippen LogP contribution is 2.26. The van der Waals surface area contributed by atoms with Gasteiger partial charge in [0.15, 0.2) is 0 Å². The second-order valence-electron chi connectivity index (χ2n) is 3.86. The van der Waals surface area contributed by atoms with Gasteiger partial charge in [-0.05, 0) is 36.4 Å². The summed E-state index contributed by atoms with van der Waals surface area (Å²) < 4.78 is 0. The first-order valence-corrected chi connectivity index (χ1v) is 6.08. The molecule has 0 aliphatic heterocycles. The number of nitrogens with one attached hydrogen (secondary N) is 1. The molecule has 0 unspecified atom stereocenters. The third-order valence-corrected chi connectivity index (χ3v) is 3.18. The van der Waals surface area contributed by atoms with Crippen molar-refractivity contribution in [3.05, 3.63) is 52.0 Å². The van der Waals surface area contributed by atoms with Crippen molar-refractivity contribution in [1.29, 1.82) is 0 Å². The maximum atomic E-state index is 12.0. The van der Waals surface area contributed by atoms with Gasteiger partial charge in [0.25, 0.3) is 5.91 Å². The number of phenolic OH excluding ortho intramolecular Hbond substituents is 1. The van der Waals surface area contributed by atoms with E-state index < -0.39 is 5.91 Å². The summed E-state index contributed by atoms with van der Waals surface area (Å²) >= 11 is 11.6. The average molecular weight is 297 g/mol. The Labute approximate surface area is 119 Å². The van der Waals surface area contributed by atoms with E-state index >= 15 is 0 Å². The van der Waals surface area contributed by atoms with Gasteiger partial charge in [-0.1, -0.05) is 23.2 Å². The predicted molar refractivity (Wildman–Crippen MR) is 76.9 cm³/mol. The summed E-state index contributed by atoms with van der Waals surface area (Å²) in [6, 6.07) is 8.95. The Kier molecular flexibility index (Phi) is 3.83. The van der Waals surface area contributed by atoms with Crippen molar-refractivity contribution < 1.29 is 9.90 Å². The summed E-state index contributed by atoms with van der Waals surface area (Å²) in [6.45, 7) is 0. The van der Waals surface area contributed by atoms with E-state index in [1.807, 2.05) is 0 Å². The minimum Gasteiger partial charge on any atom is -0.507 e. The molecule has 98 valence electrons. The molecule has 0 radical (unpaired) electrons. The standard InChI is InChI=1S/C13H10Cl2N2O2/c14-10-3-2-8(6-11(10)15)17-13(19)9-5-7(16)1-4-12(9)18/h1-6,18H,16H2,(H,17,19). The smallest absolute Gasteiger partial charge is 0.259 e. The van der Waals surface area contributed by atoms with Crippen LogP contribution in [0.5, 0.6) is 5.75 Å². The molecule has 0 heterocycles. The fourth-order valence-corrected chi connectivity index (χ4v) is 1.81. The molecule has 0 aromatic heterocycles. The fraction of sp³-hybridized carbons (Fsp3) is 0. The molecular formula is C13H10Cl2N2O2. The number of hydrogen-bond donors (Lipinski definition) is 3. The van der Waals surface area contributed by atoms with Crippen molar-refractivity contribution in [3.8, 4) is 5.75 Å². The highest BCUT2D eigenvalue weighted by atomic mass is 35.5. The molecule has 2 aromatic rings. The van der Waals surface area contributed by atoms with E-state index in [1.54, 1.807) is 12.1 Å². The monoisotopic (exact) mass is 296 g/mol. The number of carbonyl (C=O) groups is 1. The van der Waals surface area contributed by atoms with Gasteiger partial charge in [0, 0.05) is 11.4 Å². The minimum absolute atomic E-state index is 0.0890. The Bertz CT molecular complexity index is 645. The van der Waals surface area contributed by atoms with E-state index in [1.165, 1.54) is 24.3 Å². The summed E-state index contributed by atoms with van der Waals surface area (Å²) in [5.41, 5.74) is 6.52. The molecule has 0 atom stereocenters. The summed E-state index contributed by atoms with van der Waals surface area (Å²) in [4.78, 5) is 12.0. The second kappa shape index (κ2) is 5.38.